The average molecular weight is 233 g/mol. The topological polar surface area (TPSA) is 84.3 Å². The largest absolute Gasteiger partial charge is 0.348 e. The molecule has 1 unspecified atom stereocenters. The van der Waals surface area contributed by atoms with Gasteiger partial charge in [0.25, 0.3) is 0 Å². The van der Waals surface area contributed by atoms with Gasteiger partial charge < -0.3 is 14.3 Å². The first-order chi connectivity index (χ1) is 8.35. The molecule has 0 N–H and O–H groups in total. The predicted molar refractivity (Wildman–Crippen MR) is 59.0 cm³/mol. The maximum atomic E-state index is 10.9. The number of hydrogen-bond acceptors (Lipinski definition) is 4. The summed E-state index contributed by atoms with van der Waals surface area (Å²) in [6, 6.07) is 8.69. The molecule has 0 aliphatic carbocycles. The summed E-state index contributed by atoms with van der Waals surface area (Å²) < 4.78 is 10.8. The van der Waals surface area contributed by atoms with Crippen LogP contribution in [0.1, 0.15) is 11.9 Å². The Hall–Kier alpha value is -1.88. The second-order valence-electron chi connectivity index (χ2n) is 3.58. The lowest BCUT2D eigenvalue weighted by Gasteiger charge is -2.31. The van der Waals surface area contributed by atoms with E-state index in [9.17, 15) is 4.79 Å². The highest BCUT2D eigenvalue weighted by molar-refractivity contribution is 5.57. The van der Waals surface area contributed by atoms with Crippen LogP contribution in [0.5, 0.6) is 0 Å². The summed E-state index contributed by atoms with van der Waals surface area (Å²) in [6.07, 6.45) is -0.709. The van der Waals surface area contributed by atoms with E-state index in [0.717, 1.165) is 5.56 Å². The summed E-state index contributed by atoms with van der Waals surface area (Å²) in [5.74, 6) is 0. The Morgan fingerprint density at radius 1 is 1.41 bits per heavy atom. The van der Waals surface area contributed by atoms with Gasteiger partial charge in [-0.1, -0.05) is 35.4 Å². The van der Waals surface area contributed by atoms with Crippen LogP contribution in [0.4, 0.5) is 0 Å². The molecule has 1 aromatic carbocycles. The number of hydrogen-bond donors (Lipinski definition) is 0. The third kappa shape index (κ3) is 2.62. The van der Waals surface area contributed by atoms with Crippen molar-refractivity contribution in [3.8, 4) is 0 Å². The highest BCUT2D eigenvalue weighted by Crippen LogP contribution is 2.26. The molecule has 6 heteroatoms. The molecule has 17 heavy (non-hydrogen) atoms. The van der Waals surface area contributed by atoms with Crippen molar-refractivity contribution in [3.05, 3.63) is 46.3 Å². The van der Waals surface area contributed by atoms with Gasteiger partial charge in [0.05, 0.1) is 12.6 Å². The van der Waals surface area contributed by atoms with E-state index in [1.54, 1.807) is 0 Å². The molecule has 1 fully saturated rings. The Morgan fingerprint density at radius 2 is 2.18 bits per heavy atom. The lowest BCUT2D eigenvalue weighted by atomic mass is 10.1. The van der Waals surface area contributed by atoms with E-state index in [1.807, 2.05) is 30.3 Å². The van der Waals surface area contributed by atoms with Crippen LogP contribution in [0.15, 0.2) is 35.4 Å². The lowest BCUT2D eigenvalue weighted by molar-refractivity contribution is -0.217. The molecule has 1 aliphatic rings. The molecule has 0 saturated carbocycles. The average Bonchev–Trinajstić information content (AvgIpc) is 2.40. The number of nitrogens with zero attached hydrogens (tertiary/aromatic N) is 3. The molecule has 0 spiro atoms. The summed E-state index contributed by atoms with van der Waals surface area (Å²) in [5, 5.41) is 3.46. The second-order valence-corrected chi connectivity index (χ2v) is 3.58. The van der Waals surface area contributed by atoms with E-state index in [1.165, 1.54) is 0 Å². The van der Waals surface area contributed by atoms with Gasteiger partial charge in [0.1, 0.15) is 12.4 Å². The van der Waals surface area contributed by atoms with Gasteiger partial charge >= 0.3 is 0 Å². The van der Waals surface area contributed by atoms with Crippen molar-refractivity contribution in [3.63, 3.8) is 0 Å². The number of carbonyl (C=O) groups excluding carboxylic acids is 1. The van der Waals surface area contributed by atoms with Crippen molar-refractivity contribution in [2.24, 2.45) is 5.11 Å². The Morgan fingerprint density at radius 3 is 2.82 bits per heavy atom. The standard InChI is InChI=1S/C11H11N3O3/c12-14-13-9-7-16-11(17-10(9)6-15)8-4-2-1-3-5-8/h1-6,9-11H,7H2/t9-,10+,11?/m0/s1. The van der Waals surface area contributed by atoms with Crippen LogP contribution in [0.25, 0.3) is 10.4 Å². The molecule has 1 saturated heterocycles. The van der Waals surface area contributed by atoms with E-state index >= 15 is 0 Å². The highest BCUT2D eigenvalue weighted by atomic mass is 16.7. The van der Waals surface area contributed by atoms with Crippen molar-refractivity contribution in [1.82, 2.24) is 0 Å². The predicted octanol–water partition coefficient (Wildman–Crippen LogP) is 1.98. The number of rotatable bonds is 3. The molecule has 0 radical (unpaired) electrons. The normalized spacial score (nSPS) is 28.1. The molecule has 0 amide bonds. The minimum atomic E-state index is -0.759. The van der Waals surface area contributed by atoms with Gasteiger partial charge in [-0.3, -0.25) is 0 Å². The fraction of sp³-hybridized carbons (Fsp3) is 0.364. The summed E-state index contributed by atoms with van der Waals surface area (Å²) >= 11 is 0. The van der Waals surface area contributed by atoms with Gasteiger partial charge in [-0.2, -0.15) is 0 Å². The minimum Gasteiger partial charge on any atom is -0.348 e. The molecule has 6 nitrogen and oxygen atoms in total. The van der Waals surface area contributed by atoms with E-state index in [-0.39, 0.29) is 6.61 Å². The SMILES string of the molecule is [N-]=[N+]=N[C@H]1COC(c2ccccc2)O[C@@H]1C=O. The van der Waals surface area contributed by atoms with Gasteiger partial charge in [-0.15, -0.1) is 0 Å². The summed E-state index contributed by atoms with van der Waals surface area (Å²) in [5.41, 5.74) is 9.18. The molecule has 1 heterocycles. The quantitative estimate of drug-likeness (QED) is 0.346. The van der Waals surface area contributed by atoms with Crippen LogP contribution in [0.3, 0.4) is 0 Å². The number of carbonyl (C=O) groups is 1. The molecule has 88 valence electrons. The van der Waals surface area contributed by atoms with Crippen molar-refractivity contribution in [2.75, 3.05) is 6.61 Å². The molecule has 0 aromatic heterocycles. The molecule has 1 aromatic rings. The maximum Gasteiger partial charge on any atom is 0.184 e. The first kappa shape index (κ1) is 11.6. The first-order valence-corrected chi connectivity index (χ1v) is 5.16. The van der Waals surface area contributed by atoms with Gasteiger partial charge in [0, 0.05) is 10.5 Å². The number of ether oxygens (including phenoxy) is 2. The smallest absolute Gasteiger partial charge is 0.184 e. The van der Waals surface area contributed by atoms with Crippen molar-refractivity contribution >= 4 is 6.29 Å². The van der Waals surface area contributed by atoms with Crippen LogP contribution in [0.2, 0.25) is 0 Å². The second kappa shape index (κ2) is 5.45. The molecular formula is C11H11N3O3. The van der Waals surface area contributed by atoms with Crippen LogP contribution >= 0.6 is 0 Å². The van der Waals surface area contributed by atoms with Crippen molar-refractivity contribution in [2.45, 2.75) is 18.4 Å². The minimum absolute atomic E-state index is 0.174. The zero-order valence-electron chi connectivity index (χ0n) is 8.97. The summed E-state index contributed by atoms with van der Waals surface area (Å²) in [7, 11) is 0. The molecule has 1 aliphatic heterocycles. The first-order valence-electron chi connectivity index (χ1n) is 5.16. The zero-order valence-corrected chi connectivity index (χ0v) is 8.97. The molecular weight excluding hydrogens is 222 g/mol. The van der Waals surface area contributed by atoms with Crippen molar-refractivity contribution in [1.29, 1.82) is 0 Å². The van der Waals surface area contributed by atoms with E-state index in [2.05, 4.69) is 10.0 Å². The summed E-state index contributed by atoms with van der Waals surface area (Å²) in [6.45, 7) is 0.174. The number of benzene rings is 1. The molecule has 0 bridgehead atoms. The molecule has 2 rings (SSSR count). The maximum absolute atomic E-state index is 10.9. The zero-order chi connectivity index (χ0) is 12.1. The third-order valence-corrected chi connectivity index (χ3v) is 2.48. The Balaban J connectivity index is 2.11. The molecule has 3 atom stereocenters. The van der Waals surface area contributed by atoms with E-state index in [4.69, 9.17) is 15.0 Å². The van der Waals surface area contributed by atoms with Gasteiger partial charge in [0.2, 0.25) is 0 Å². The van der Waals surface area contributed by atoms with Crippen LogP contribution in [-0.2, 0) is 14.3 Å². The Labute approximate surface area is 97.8 Å². The van der Waals surface area contributed by atoms with Gasteiger partial charge in [0.15, 0.2) is 6.29 Å². The lowest BCUT2D eigenvalue weighted by Crippen LogP contribution is -2.40. The van der Waals surface area contributed by atoms with E-state index < -0.39 is 18.4 Å². The Kier molecular flexibility index (Phi) is 3.72. The number of azide groups is 1. The highest BCUT2D eigenvalue weighted by Gasteiger charge is 2.31. The third-order valence-electron chi connectivity index (χ3n) is 2.48. The van der Waals surface area contributed by atoms with Gasteiger partial charge in [-0.25, -0.2) is 0 Å². The summed E-state index contributed by atoms with van der Waals surface area (Å²) in [4.78, 5) is 13.5. The fourth-order valence-electron chi connectivity index (χ4n) is 1.63. The van der Waals surface area contributed by atoms with Crippen LogP contribution < -0.4 is 0 Å². The number of aldehydes is 1. The van der Waals surface area contributed by atoms with E-state index in [0.29, 0.717) is 6.29 Å². The van der Waals surface area contributed by atoms with Crippen LogP contribution in [-0.4, -0.2) is 25.0 Å². The fourth-order valence-corrected chi connectivity index (χ4v) is 1.63. The Bertz CT molecular complexity index is 431. The van der Waals surface area contributed by atoms with Gasteiger partial charge in [-0.05, 0) is 5.53 Å². The van der Waals surface area contributed by atoms with Crippen LogP contribution in [0, 0.1) is 0 Å². The monoisotopic (exact) mass is 233 g/mol. The van der Waals surface area contributed by atoms with Crippen molar-refractivity contribution < 1.29 is 14.3 Å².